The first-order valence-corrected chi connectivity index (χ1v) is 10.8. The van der Waals surface area contributed by atoms with Crippen LogP contribution in [-0.2, 0) is 0 Å². The maximum Gasteiger partial charge on any atom is 0.321 e. The minimum Gasteiger partial charge on any atom is -0.353 e. The van der Waals surface area contributed by atoms with E-state index in [0.29, 0.717) is 31.9 Å². The molecule has 1 aromatic heterocycles. The summed E-state index contributed by atoms with van der Waals surface area (Å²) in [5.74, 6) is 0.175. The Bertz CT molecular complexity index is 1300. The molecule has 2 heterocycles. The van der Waals surface area contributed by atoms with Crippen LogP contribution in [0.3, 0.4) is 0 Å². The molecule has 1 aliphatic heterocycles. The van der Waals surface area contributed by atoms with E-state index in [2.05, 4.69) is 10.2 Å². The molecule has 0 atom stereocenters. The van der Waals surface area contributed by atoms with Crippen molar-refractivity contribution in [2.75, 3.05) is 36.4 Å². The molecule has 0 bridgehead atoms. The van der Waals surface area contributed by atoms with Gasteiger partial charge in [0.15, 0.2) is 0 Å². The highest BCUT2D eigenvalue weighted by Crippen LogP contribution is 2.29. The second-order valence-corrected chi connectivity index (χ2v) is 7.97. The van der Waals surface area contributed by atoms with Crippen molar-refractivity contribution in [3.63, 3.8) is 0 Å². The second-order valence-electron chi connectivity index (χ2n) is 7.97. The van der Waals surface area contributed by atoms with Crippen LogP contribution in [0.1, 0.15) is 0 Å². The zero-order chi connectivity index (χ0) is 22.8. The molecule has 5 nitrogen and oxygen atoms in total. The summed E-state index contributed by atoms with van der Waals surface area (Å²) < 4.78 is 26.7. The van der Waals surface area contributed by atoms with Gasteiger partial charge >= 0.3 is 6.03 Å². The number of aromatic nitrogens is 1. The summed E-state index contributed by atoms with van der Waals surface area (Å²) in [6, 6.07) is 22.0. The van der Waals surface area contributed by atoms with Crippen molar-refractivity contribution in [2.24, 2.45) is 0 Å². The van der Waals surface area contributed by atoms with Gasteiger partial charge in [-0.15, -0.1) is 0 Å². The molecule has 4 aromatic rings. The fourth-order valence-electron chi connectivity index (χ4n) is 4.08. The number of anilines is 2. The van der Waals surface area contributed by atoms with E-state index in [4.69, 9.17) is 4.98 Å². The minimum absolute atomic E-state index is 0.245. The van der Waals surface area contributed by atoms with Crippen LogP contribution in [0.5, 0.6) is 0 Å². The Balaban J connectivity index is 1.32. The molecule has 5 rings (SSSR count). The Morgan fingerprint density at radius 2 is 1.58 bits per heavy atom. The number of amides is 2. The fraction of sp³-hybridized carbons (Fsp3) is 0.154. The van der Waals surface area contributed by atoms with Crippen molar-refractivity contribution >= 4 is 28.4 Å². The molecule has 0 unspecified atom stereocenters. The maximum absolute atomic E-state index is 13.4. The Morgan fingerprint density at radius 1 is 0.818 bits per heavy atom. The number of carbonyl (C=O) groups is 1. The summed E-state index contributed by atoms with van der Waals surface area (Å²) >= 11 is 0. The number of carbonyl (C=O) groups excluding carboxylic acids is 1. The van der Waals surface area contributed by atoms with Gasteiger partial charge < -0.3 is 15.1 Å². The van der Waals surface area contributed by atoms with Gasteiger partial charge in [0.2, 0.25) is 0 Å². The molecule has 2 amide bonds. The van der Waals surface area contributed by atoms with E-state index in [-0.39, 0.29) is 17.7 Å². The van der Waals surface area contributed by atoms with Crippen LogP contribution in [-0.4, -0.2) is 42.1 Å². The standard InChI is InChI=1S/C26H22F2N4O/c27-20-10-7-18(8-11-20)23-6-1-3-19-9-12-24(30-25(19)23)31-13-15-32(16-14-31)26(33)29-22-5-2-4-21(28)17-22/h1-12,17H,13-16H2,(H,29,33). The number of pyridine rings is 1. The lowest BCUT2D eigenvalue weighted by molar-refractivity contribution is 0.208. The predicted octanol–water partition coefficient (Wildman–Crippen LogP) is 5.53. The predicted molar refractivity (Wildman–Crippen MR) is 126 cm³/mol. The summed E-state index contributed by atoms with van der Waals surface area (Å²) in [4.78, 5) is 21.3. The molecule has 7 heteroatoms. The SMILES string of the molecule is O=C(Nc1cccc(F)c1)N1CCN(c2ccc3cccc(-c4ccc(F)cc4)c3n2)CC1. The van der Waals surface area contributed by atoms with Crippen LogP contribution in [0, 0.1) is 11.6 Å². The van der Waals surface area contributed by atoms with Gasteiger partial charge in [0.05, 0.1) is 5.52 Å². The molecule has 1 fully saturated rings. The van der Waals surface area contributed by atoms with Crippen LogP contribution < -0.4 is 10.2 Å². The van der Waals surface area contributed by atoms with Crippen molar-refractivity contribution in [2.45, 2.75) is 0 Å². The lowest BCUT2D eigenvalue weighted by Crippen LogP contribution is -2.50. The number of para-hydroxylation sites is 1. The van der Waals surface area contributed by atoms with E-state index in [0.717, 1.165) is 27.8 Å². The van der Waals surface area contributed by atoms with E-state index < -0.39 is 0 Å². The third-order valence-electron chi connectivity index (χ3n) is 5.83. The van der Waals surface area contributed by atoms with Gasteiger partial charge in [0.25, 0.3) is 0 Å². The van der Waals surface area contributed by atoms with Gasteiger partial charge in [-0.2, -0.15) is 0 Å². The third kappa shape index (κ3) is 4.48. The summed E-state index contributed by atoms with van der Waals surface area (Å²) in [6.07, 6.45) is 0. The van der Waals surface area contributed by atoms with Gasteiger partial charge in [-0.1, -0.05) is 36.4 Å². The maximum atomic E-state index is 13.4. The molecule has 0 aliphatic carbocycles. The number of rotatable bonds is 3. The molecule has 166 valence electrons. The first-order valence-electron chi connectivity index (χ1n) is 10.8. The van der Waals surface area contributed by atoms with E-state index in [1.54, 1.807) is 29.2 Å². The molecule has 1 saturated heterocycles. The smallest absolute Gasteiger partial charge is 0.321 e. The number of nitrogens with one attached hydrogen (secondary N) is 1. The van der Waals surface area contributed by atoms with Gasteiger partial charge in [0, 0.05) is 42.8 Å². The molecular formula is C26H22F2N4O. The monoisotopic (exact) mass is 444 g/mol. The average molecular weight is 444 g/mol. The van der Waals surface area contributed by atoms with E-state index >= 15 is 0 Å². The Labute approximate surface area is 190 Å². The molecular weight excluding hydrogens is 422 g/mol. The Morgan fingerprint density at radius 3 is 2.33 bits per heavy atom. The quantitative estimate of drug-likeness (QED) is 0.452. The van der Waals surface area contributed by atoms with Crippen molar-refractivity contribution in [1.29, 1.82) is 0 Å². The topological polar surface area (TPSA) is 48.5 Å². The highest BCUT2D eigenvalue weighted by molar-refractivity contribution is 5.94. The number of nitrogens with zero attached hydrogens (tertiary/aromatic N) is 3. The van der Waals surface area contributed by atoms with Gasteiger partial charge in [-0.05, 0) is 48.0 Å². The average Bonchev–Trinajstić information content (AvgIpc) is 2.84. The molecule has 0 radical (unpaired) electrons. The molecule has 33 heavy (non-hydrogen) atoms. The number of urea groups is 1. The summed E-state index contributed by atoms with van der Waals surface area (Å²) in [5.41, 5.74) is 3.15. The minimum atomic E-state index is -0.389. The molecule has 0 spiro atoms. The zero-order valence-corrected chi connectivity index (χ0v) is 17.8. The number of hydrogen-bond donors (Lipinski definition) is 1. The van der Waals surface area contributed by atoms with Crippen molar-refractivity contribution < 1.29 is 13.6 Å². The van der Waals surface area contributed by atoms with E-state index in [1.165, 1.54) is 24.3 Å². The lowest BCUT2D eigenvalue weighted by atomic mass is 10.0. The molecule has 3 aromatic carbocycles. The zero-order valence-electron chi connectivity index (χ0n) is 17.8. The van der Waals surface area contributed by atoms with Crippen molar-refractivity contribution in [3.05, 3.63) is 90.5 Å². The van der Waals surface area contributed by atoms with Gasteiger partial charge in [-0.25, -0.2) is 18.6 Å². The highest BCUT2D eigenvalue weighted by Gasteiger charge is 2.22. The summed E-state index contributed by atoms with van der Waals surface area (Å²) in [7, 11) is 0. The summed E-state index contributed by atoms with van der Waals surface area (Å²) in [6.45, 7) is 2.32. The lowest BCUT2D eigenvalue weighted by Gasteiger charge is -2.35. The van der Waals surface area contributed by atoms with Crippen molar-refractivity contribution in [1.82, 2.24) is 9.88 Å². The molecule has 1 aliphatic rings. The fourth-order valence-corrected chi connectivity index (χ4v) is 4.08. The second kappa shape index (κ2) is 8.86. The Kier molecular flexibility index (Phi) is 5.60. The number of halogens is 2. The van der Waals surface area contributed by atoms with Crippen LogP contribution >= 0.6 is 0 Å². The normalized spacial score (nSPS) is 13.9. The van der Waals surface area contributed by atoms with E-state index in [1.807, 2.05) is 30.3 Å². The molecule has 1 N–H and O–H groups in total. The van der Waals surface area contributed by atoms with Crippen molar-refractivity contribution in [3.8, 4) is 11.1 Å². The van der Waals surface area contributed by atoms with Crippen LogP contribution in [0.2, 0.25) is 0 Å². The third-order valence-corrected chi connectivity index (χ3v) is 5.83. The van der Waals surface area contributed by atoms with E-state index in [9.17, 15) is 13.6 Å². The van der Waals surface area contributed by atoms with Crippen LogP contribution in [0.4, 0.5) is 25.1 Å². The van der Waals surface area contributed by atoms with Gasteiger partial charge in [0.1, 0.15) is 17.5 Å². The first-order chi connectivity index (χ1) is 16.1. The van der Waals surface area contributed by atoms with Crippen LogP contribution in [0.15, 0.2) is 78.9 Å². The largest absolute Gasteiger partial charge is 0.353 e. The Hall–Kier alpha value is -4.00. The summed E-state index contributed by atoms with van der Waals surface area (Å²) in [5, 5.41) is 3.76. The molecule has 0 saturated carbocycles. The number of benzene rings is 3. The number of hydrogen-bond acceptors (Lipinski definition) is 3. The van der Waals surface area contributed by atoms with Gasteiger partial charge in [-0.3, -0.25) is 0 Å². The highest BCUT2D eigenvalue weighted by atomic mass is 19.1. The number of piperazine rings is 1. The first kappa shape index (κ1) is 20.9. The van der Waals surface area contributed by atoms with Crippen LogP contribution in [0.25, 0.3) is 22.0 Å². The number of fused-ring (bicyclic) bond motifs is 1.